The predicted molar refractivity (Wildman–Crippen MR) is 139 cm³/mol. The quantitative estimate of drug-likeness (QED) is 0.217. The number of carbonyl (C=O) groups is 1. The fourth-order valence-electron chi connectivity index (χ4n) is 3.51. The fourth-order valence-corrected chi connectivity index (χ4v) is 5.69. The zero-order valence-corrected chi connectivity index (χ0v) is 21.2. The second-order valence-electron chi connectivity index (χ2n) is 7.66. The first-order valence-electron chi connectivity index (χ1n) is 10.5. The number of benzene rings is 2. The molecule has 0 bridgehead atoms. The van der Waals surface area contributed by atoms with E-state index in [1.807, 2.05) is 6.92 Å². The van der Waals surface area contributed by atoms with Gasteiger partial charge in [0.1, 0.15) is 21.9 Å². The molecule has 0 spiro atoms. The molecule has 4 aromatic rings. The third-order valence-corrected chi connectivity index (χ3v) is 7.98. The highest BCUT2D eigenvalue weighted by Crippen LogP contribution is 2.40. The minimum absolute atomic E-state index is 0.127. The smallest absolute Gasteiger partial charge is 0.238 e. The maximum Gasteiger partial charge on any atom is 0.238 e. The number of nitrogens with one attached hydrogen (secondary N) is 1. The van der Waals surface area contributed by atoms with Crippen molar-refractivity contribution in [1.29, 1.82) is 0 Å². The Morgan fingerprint density at radius 1 is 1.18 bits per heavy atom. The number of thiophene rings is 1. The lowest BCUT2D eigenvalue weighted by atomic mass is 10.0. The molecule has 0 aliphatic rings. The Balaban J connectivity index is 1.66. The lowest BCUT2D eigenvalue weighted by Crippen LogP contribution is -2.25. The van der Waals surface area contributed by atoms with E-state index in [4.69, 9.17) is 16.3 Å². The molecule has 170 valence electrons. The maximum atomic E-state index is 13.2. The SMILES string of the molecule is CCC(Sc1ncnc2scc(-c3ccc(C)c(C)c3)c12)C(=O)Nc1cc(Cl)ccc1OC. The number of thioether (sulfide) groups is 1. The van der Waals surface area contributed by atoms with Gasteiger partial charge < -0.3 is 10.1 Å². The van der Waals surface area contributed by atoms with Crippen LogP contribution in [0.5, 0.6) is 5.75 Å². The number of hydrogen-bond donors (Lipinski definition) is 1. The van der Waals surface area contributed by atoms with Crippen molar-refractivity contribution in [1.82, 2.24) is 9.97 Å². The van der Waals surface area contributed by atoms with Crippen molar-refractivity contribution in [2.75, 3.05) is 12.4 Å². The summed E-state index contributed by atoms with van der Waals surface area (Å²) in [6.07, 6.45) is 2.20. The second kappa shape index (κ2) is 10.1. The van der Waals surface area contributed by atoms with Crippen LogP contribution in [0.4, 0.5) is 5.69 Å². The number of anilines is 1. The van der Waals surface area contributed by atoms with Gasteiger partial charge in [-0.1, -0.05) is 48.5 Å². The van der Waals surface area contributed by atoms with Crippen LogP contribution in [0.15, 0.2) is 53.1 Å². The van der Waals surface area contributed by atoms with Gasteiger partial charge in [-0.05, 0) is 55.2 Å². The molecular weight excluding hydrogens is 474 g/mol. The molecule has 2 aromatic heterocycles. The Bertz CT molecular complexity index is 1320. The Morgan fingerprint density at radius 3 is 2.73 bits per heavy atom. The number of carbonyl (C=O) groups excluding carboxylic acids is 1. The first-order chi connectivity index (χ1) is 15.9. The van der Waals surface area contributed by atoms with E-state index in [0.717, 1.165) is 26.4 Å². The summed E-state index contributed by atoms with van der Waals surface area (Å²) in [5.74, 6) is 0.435. The van der Waals surface area contributed by atoms with Crippen molar-refractivity contribution >= 4 is 56.5 Å². The van der Waals surface area contributed by atoms with Crippen molar-refractivity contribution in [3.8, 4) is 16.9 Å². The van der Waals surface area contributed by atoms with Gasteiger partial charge in [0.05, 0.1) is 23.4 Å². The van der Waals surface area contributed by atoms with E-state index in [1.165, 1.54) is 22.9 Å². The van der Waals surface area contributed by atoms with Crippen LogP contribution in [0, 0.1) is 13.8 Å². The van der Waals surface area contributed by atoms with E-state index in [9.17, 15) is 4.79 Å². The van der Waals surface area contributed by atoms with Crippen molar-refractivity contribution in [2.45, 2.75) is 37.5 Å². The molecular formula is C25H24ClN3O2S2. The summed E-state index contributed by atoms with van der Waals surface area (Å²) in [5, 5.41) is 7.05. The Kier molecular flexibility index (Phi) is 7.22. The van der Waals surface area contributed by atoms with Gasteiger partial charge in [0.25, 0.3) is 0 Å². The van der Waals surface area contributed by atoms with Gasteiger partial charge in [-0.2, -0.15) is 0 Å². The maximum absolute atomic E-state index is 13.2. The Hall–Kier alpha value is -2.61. The first-order valence-corrected chi connectivity index (χ1v) is 12.7. The van der Waals surface area contributed by atoms with E-state index < -0.39 is 0 Å². The summed E-state index contributed by atoms with van der Waals surface area (Å²) >= 11 is 9.16. The average Bonchev–Trinajstić information content (AvgIpc) is 3.24. The molecule has 0 aliphatic carbocycles. The topological polar surface area (TPSA) is 64.1 Å². The summed E-state index contributed by atoms with van der Waals surface area (Å²) in [6.45, 7) is 6.21. The van der Waals surface area contributed by atoms with Crippen LogP contribution in [0.3, 0.4) is 0 Å². The van der Waals surface area contributed by atoms with Crippen LogP contribution in [-0.4, -0.2) is 28.2 Å². The molecule has 2 aromatic carbocycles. The third kappa shape index (κ3) is 5.00. The van der Waals surface area contributed by atoms with Crippen molar-refractivity contribution in [3.63, 3.8) is 0 Å². The predicted octanol–water partition coefficient (Wildman–Crippen LogP) is 7.15. The van der Waals surface area contributed by atoms with Crippen LogP contribution >= 0.6 is 34.7 Å². The number of hydrogen-bond acceptors (Lipinski definition) is 6. The highest BCUT2D eigenvalue weighted by Gasteiger charge is 2.23. The van der Waals surface area contributed by atoms with Crippen LogP contribution in [-0.2, 0) is 4.79 Å². The van der Waals surface area contributed by atoms with E-state index in [1.54, 1.807) is 43.0 Å². The molecule has 1 atom stereocenters. The summed E-state index contributed by atoms with van der Waals surface area (Å²) in [5.41, 5.74) is 5.26. The molecule has 0 radical (unpaired) electrons. The largest absolute Gasteiger partial charge is 0.495 e. The number of aryl methyl sites for hydroxylation is 2. The molecule has 1 amide bonds. The Labute approximate surface area is 206 Å². The third-order valence-electron chi connectivity index (χ3n) is 5.49. The zero-order valence-electron chi connectivity index (χ0n) is 18.8. The number of fused-ring (bicyclic) bond motifs is 1. The standard InChI is InChI=1S/C25H24ClN3O2S2/c1-5-21(23(30)29-19-11-17(26)8-9-20(19)31-4)33-25-22-18(12-32-24(22)27-13-28-25)16-7-6-14(2)15(3)10-16/h6-13,21H,5H2,1-4H3,(H,29,30). The van der Waals surface area contributed by atoms with Gasteiger partial charge in [0, 0.05) is 16.0 Å². The van der Waals surface area contributed by atoms with Crippen LogP contribution in [0.25, 0.3) is 21.3 Å². The monoisotopic (exact) mass is 497 g/mol. The second-order valence-corrected chi connectivity index (χ2v) is 10.1. The number of methoxy groups -OCH3 is 1. The number of amides is 1. The van der Waals surface area contributed by atoms with Gasteiger partial charge in [-0.15, -0.1) is 11.3 Å². The molecule has 0 fully saturated rings. The normalized spacial score (nSPS) is 12.0. The first kappa shape index (κ1) is 23.5. The molecule has 33 heavy (non-hydrogen) atoms. The van der Waals surface area contributed by atoms with E-state index in [2.05, 4.69) is 52.7 Å². The Morgan fingerprint density at radius 2 is 2.00 bits per heavy atom. The van der Waals surface area contributed by atoms with Gasteiger partial charge >= 0.3 is 0 Å². The van der Waals surface area contributed by atoms with E-state index >= 15 is 0 Å². The molecule has 4 rings (SSSR count). The minimum atomic E-state index is -0.348. The molecule has 0 aliphatic heterocycles. The molecule has 2 heterocycles. The van der Waals surface area contributed by atoms with Crippen LogP contribution < -0.4 is 10.1 Å². The highest BCUT2D eigenvalue weighted by molar-refractivity contribution is 8.00. The lowest BCUT2D eigenvalue weighted by Gasteiger charge is -2.17. The van der Waals surface area contributed by atoms with Crippen molar-refractivity contribution in [2.24, 2.45) is 0 Å². The van der Waals surface area contributed by atoms with Crippen molar-refractivity contribution in [3.05, 3.63) is 64.3 Å². The zero-order chi connectivity index (χ0) is 23.5. The molecule has 1 N–H and O–H groups in total. The van der Waals surface area contributed by atoms with Crippen molar-refractivity contribution < 1.29 is 9.53 Å². The van der Waals surface area contributed by atoms with Gasteiger partial charge in [-0.3, -0.25) is 4.79 Å². The van der Waals surface area contributed by atoms with Gasteiger partial charge in [-0.25, -0.2) is 9.97 Å². The number of aromatic nitrogens is 2. The molecule has 1 unspecified atom stereocenters. The summed E-state index contributed by atoms with van der Waals surface area (Å²) in [7, 11) is 1.56. The minimum Gasteiger partial charge on any atom is -0.495 e. The summed E-state index contributed by atoms with van der Waals surface area (Å²) in [4.78, 5) is 23.1. The average molecular weight is 498 g/mol. The highest BCUT2D eigenvalue weighted by atomic mass is 35.5. The van der Waals surface area contributed by atoms with E-state index in [-0.39, 0.29) is 11.2 Å². The van der Waals surface area contributed by atoms with Gasteiger partial charge in [0.15, 0.2) is 0 Å². The summed E-state index contributed by atoms with van der Waals surface area (Å²) < 4.78 is 5.36. The molecule has 0 saturated carbocycles. The lowest BCUT2D eigenvalue weighted by molar-refractivity contribution is -0.115. The van der Waals surface area contributed by atoms with Crippen LogP contribution in [0.1, 0.15) is 24.5 Å². The fraction of sp³-hybridized carbons (Fsp3) is 0.240. The van der Waals surface area contributed by atoms with Crippen LogP contribution in [0.2, 0.25) is 5.02 Å². The van der Waals surface area contributed by atoms with Gasteiger partial charge in [0.2, 0.25) is 5.91 Å². The number of rotatable bonds is 7. The number of halogens is 1. The molecule has 0 saturated heterocycles. The summed E-state index contributed by atoms with van der Waals surface area (Å²) in [6, 6.07) is 11.6. The molecule has 5 nitrogen and oxygen atoms in total. The molecule has 8 heteroatoms. The number of ether oxygens (including phenoxy) is 1. The number of nitrogens with zero attached hydrogens (tertiary/aromatic N) is 2. The van der Waals surface area contributed by atoms with E-state index in [0.29, 0.717) is 22.9 Å².